The minimum Gasteiger partial charge on any atom is -0.508 e. The molecule has 1 unspecified atom stereocenters. The Morgan fingerprint density at radius 3 is 2.50 bits per heavy atom. The van der Waals surface area contributed by atoms with Crippen molar-refractivity contribution in [3.63, 3.8) is 0 Å². The Labute approximate surface area is 155 Å². The molecule has 136 valence electrons. The monoisotopic (exact) mass is 350 g/mol. The molecule has 1 aliphatic heterocycles. The van der Waals surface area contributed by atoms with Crippen molar-refractivity contribution in [1.29, 1.82) is 0 Å². The predicted molar refractivity (Wildman–Crippen MR) is 103 cm³/mol. The summed E-state index contributed by atoms with van der Waals surface area (Å²) < 4.78 is 0. The average Bonchev–Trinajstić information content (AvgIpc) is 2.69. The van der Waals surface area contributed by atoms with E-state index >= 15 is 0 Å². The first-order valence-electron chi connectivity index (χ1n) is 9.51. The van der Waals surface area contributed by atoms with Crippen LogP contribution in [0.5, 0.6) is 5.75 Å². The van der Waals surface area contributed by atoms with Crippen LogP contribution in [0.1, 0.15) is 33.5 Å². The molecule has 2 aromatic rings. The summed E-state index contributed by atoms with van der Waals surface area (Å²) in [6.45, 7) is 5.25. The van der Waals surface area contributed by atoms with Gasteiger partial charge in [0.1, 0.15) is 5.75 Å². The number of carbonyl (C=O) groups is 1. The fourth-order valence-electron chi connectivity index (χ4n) is 4.25. The van der Waals surface area contributed by atoms with Gasteiger partial charge in [-0.15, -0.1) is 0 Å². The molecule has 0 saturated carbocycles. The van der Waals surface area contributed by atoms with Crippen LogP contribution in [0.3, 0.4) is 0 Å². The zero-order valence-electron chi connectivity index (χ0n) is 15.3. The second-order valence-electron chi connectivity index (χ2n) is 7.49. The third-order valence-corrected chi connectivity index (χ3v) is 5.88. The summed E-state index contributed by atoms with van der Waals surface area (Å²) in [4.78, 5) is 17.2. The highest BCUT2D eigenvalue weighted by atomic mass is 16.3. The summed E-state index contributed by atoms with van der Waals surface area (Å²) in [5, 5.41) is 9.65. The smallest absolute Gasteiger partial charge is 0.253 e. The summed E-state index contributed by atoms with van der Waals surface area (Å²) in [6, 6.07) is 14.5. The maximum absolute atomic E-state index is 12.7. The second kappa shape index (κ2) is 7.12. The van der Waals surface area contributed by atoms with Crippen LogP contribution in [0, 0.1) is 6.92 Å². The Bertz CT molecular complexity index is 810. The second-order valence-corrected chi connectivity index (χ2v) is 7.49. The number of amides is 1. The summed E-state index contributed by atoms with van der Waals surface area (Å²) in [5.41, 5.74) is 4.40. The van der Waals surface area contributed by atoms with Crippen LogP contribution in [-0.4, -0.2) is 53.0 Å². The van der Waals surface area contributed by atoms with E-state index in [1.807, 2.05) is 11.8 Å². The third kappa shape index (κ3) is 3.34. The summed E-state index contributed by atoms with van der Waals surface area (Å²) >= 11 is 0. The van der Waals surface area contributed by atoms with E-state index in [-0.39, 0.29) is 11.7 Å². The van der Waals surface area contributed by atoms with Gasteiger partial charge in [0, 0.05) is 37.8 Å². The molecule has 1 aliphatic carbocycles. The van der Waals surface area contributed by atoms with E-state index in [4.69, 9.17) is 0 Å². The molecule has 2 aliphatic rings. The quantitative estimate of drug-likeness (QED) is 0.905. The van der Waals surface area contributed by atoms with E-state index in [0.29, 0.717) is 11.6 Å². The first-order chi connectivity index (χ1) is 12.6. The molecule has 2 aromatic carbocycles. The van der Waals surface area contributed by atoms with Crippen molar-refractivity contribution in [3.8, 4) is 5.75 Å². The van der Waals surface area contributed by atoms with Crippen molar-refractivity contribution in [2.24, 2.45) is 0 Å². The topological polar surface area (TPSA) is 43.8 Å². The number of benzene rings is 2. The maximum atomic E-state index is 12.7. The summed E-state index contributed by atoms with van der Waals surface area (Å²) in [7, 11) is 0. The number of phenolic OH excluding ortho intramolecular Hbond substituents is 1. The standard InChI is InChI=1S/C22H26N2O2/c1-16-14-19(7-9-21(16)25)22(26)24-12-10-23(11-13-24)20-8-6-17-4-2-3-5-18(17)15-20/h2-5,7,9,14,20,25H,6,8,10-13,15H2,1H3. The maximum Gasteiger partial charge on any atom is 0.253 e. The van der Waals surface area contributed by atoms with Gasteiger partial charge in [-0.2, -0.15) is 0 Å². The van der Waals surface area contributed by atoms with Gasteiger partial charge in [0.15, 0.2) is 0 Å². The van der Waals surface area contributed by atoms with Crippen LogP contribution in [0.25, 0.3) is 0 Å². The molecular formula is C22H26N2O2. The third-order valence-electron chi connectivity index (χ3n) is 5.88. The average molecular weight is 350 g/mol. The fraction of sp³-hybridized carbons (Fsp3) is 0.409. The van der Waals surface area contributed by atoms with E-state index < -0.39 is 0 Å². The number of aromatic hydroxyl groups is 1. The Morgan fingerprint density at radius 2 is 1.77 bits per heavy atom. The lowest BCUT2D eigenvalue weighted by atomic mass is 9.87. The highest BCUT2D eigenvalue weighted by molar-refractivity contribution is 5.94. The minimum atomic E-state index is 0.0711. The van der Waals surface area contributed by atoms with Crippen LogP contribution in [0.15, 0.2) is 42.5 Å². The first kappa shape index (κ1) is 17.1. The van der Waals surface area contributed by atoms with E-state index in [9.17, 15) is 9.90 Å². The lowest BCUT2D eigenvalue weighted by Crippen LogP contribution is -2.53. The number of carbonyl (C=O) groups excluding carboxylic acids is 1. The van der Waals surface area contributed by atoms with Crippen molar-refractivity contribution in [1.82, 2.24) is 9.80 Å². The predicted octanol–water partition coefficient (Wildman–Crippen LogP) is 3.02. The fourth-order valence-corrected chi connectivity index (χ4v) is 4.25. The van der Waals surface area contributed by atoms with Gasteiger partial charge < -0.3 is 10.0 Å². The van der Waals surface area contributed by atoms with Gasteiger partial charge in [0.25, 0.3) is 5.91 Å². The zero-order valence-corrected chi connectivity index (χ0v) is 15.3. The molecule has 4 rings (SSSR count). The highest BCUT2D eigenvalue weighted by Crippen LogP contribution is 2.25. The number of hydrogen-bond donors (Lipinski definition) is 1. The Hall–Kier alpha value is -2.33. The lowest BCUT2D eigenvalue weighted by molar-refractivity contribution is 0.0553. The number of aryl methyl sites for hydroxylation is 2. The van der Waals surface area contributed by atoms with Gasteiger partial charge in [-0.3, -0.25) is 9.69 Å². The van der Waals surface area contributed by atoms with Crippen LogP contribution in [0.4, 0.5) is 0 Å². The van der Waals surface area contributed by atoms with E-state index in [2.05, 4.69) is 29.2 Å². The molecule has 26 heavy (non-hydrogen) atoms. The molecule has 1 heterocycles. The summed E-state index contributed by atoms with van der Waals surface area (Å²) in [6.07, 6.45) is 3.50. The molecule has 0 radical (unpaired) electrons. The van der Waals surface area contributed by atoms with Crippen molar-refractivity contribution in [3.05, 3.63) is 64.7 Å². The molecule has 1 N–H and O–H groups in total. The normalized spacial score (nSPS) is 20.7. The Morgan fingerprint density at radius 1 is 1.04 bits per heavy atom. The van der Waals surface area contributed by atoms with Gasteiger partial charge >= 0.3 is 0 Å². The molecule has 4 heteroatoms. The van der Waals surface area contributed by atoms with Gasteiger partial charge in [-0.1, -0.05) is 24.3 Å². The van der Waals surface area contributed by atoms with E-state index in [1.54, 1.807) is 18.2 Å². The van der Waals surface area contributed by atoms with Gasteiger partial charge in [0.2, 0.25) is 0 Å². The van der Waals surface area contributed by atoms with Crippen LogP contribution >= 0.6 is 0 Å². The largest absolute Gasteiger partial charge is 0.508 e. The lowest BCUT2D eigenvalue weighted by Gasteiger charge is -2.41. The number of phenols is 1. The molecule has 1 amide bonds. The summed E-state index contributed by atoms with van der Waals surface area (Å²) in [5.74, 6) is 0.311. The number of nitrogens with zero attached hydrogens (tertiary/aromatic N) is 2. The zero-order chi connectivity index (χ0) is 18.1. The highest BCUT2D eigenvalue weighted by Gasteiger charge is 2.29. The van der Waals surface area contributed by atoms with Crippen molar-refractivity contribution < 1.29 is 9.90 Å². The molecular weight excluding hydrogens is 324 g/mol. The minimum absolute atomic E-state index is 0.0711. The number of rotatable bonds is 2. The Balaban J connectivity index is 1.37. The van der Waals surface area contributed by atoms with Crippen molar-refractivity contribution in [2.75, 3.05) is 26.2 Å². The molecule has 0 spiro atoms. The van der Waals surface area contributed by atoms with E-state index in [1.165, 1.54) is 17.5 Å². The molecule has 1 saturated heterocycles. The van der Waals surface area contributed by atoms with Crippen molar-refractivity contribution >= 4 is 5.91 Å². The van der Waals surface area contributed by atoms with Gasteiger partial charge in [-0.05, 0) is 61.1 Å². The van der Waals surface area contributed by atoms with E-state index in [0.717, 1.165) is 44.6 Å². The molecule has 0 bridgehead atoms. The van der Waals surface area contributed by atoms with Crippen LogP contribution in [-0.2, 0) is 12.8 Å². The number of piperazine rings is 1. The number of hydrogen-bond acceptors (Lipinski definition) is 3. The molecule has 0 aromatic heterocycles. The Kier molecular flexibility index (Phi) is 4.68. The van der Waals surface area contributed by atoms with Crippen LogP contribution in [0.2, 0.25) is 0 Å². The molecule has 1 fully saturated rings. The van der Waals surface area contributed by atoms with Gasteiger partial charge in [0.05, 0.1) is 0 Å². The van der Waals surface area contributed by atoms with Crippen LogP contribution < -0.4 is 0 Å². The number of fused-ring (bicyclic) bond motifs is 1. The molecule has 4 nitrogen and oxygen atoms in total. The molecule has 1 atom stereocenters. The first-order valence-corrected chi connectivity index (χ1v) is 9.51. The van der Waals surface area contributed by atoms with Crippen molar-refractivity contribution in [2.45, 2.75) is 32.2 Å². The van der Waals surface area contributed by atoms with Gasteiger partial charge in [-0.25, -0.2) is 0 Å². The SMILES string of the molecule is Cc1cc(C(=O)N2CCN(C3CCc4ccccc4C3)CC2)ccc1O.